The lowest BCUT2D eigenvalue weighted by Crippen LogP contribution is -2.01. The second-order valence-corrected chi connectivity index (χ2v) is 4.25. The van der Waals surface area contributed by atoms with Gasteiger partial charge in [0.15, 0.2) is 0 Å². The zero-order valence-electron chi connectivity index (χ0n) is 9.02. The summed E-state index contributed by atoms with van der Waals surface area (Å²) < 4.78 is 0. The van der Waals surface area contributed by atoms with Crippen LogP contribution in [0.5, 0.6) is 0 Å². The molecule has 0 heterocycles. The van der Waals surface area contributed by atoms with Gasteiger partial charge in [0.05, 0.1) is 0 Å². The van der Waals surface area contributed by atoms with Crippen molar-refractivity contribution >= 4 is 11.6 Å². The first-order valence-corrected chi connectivity index (χ1v) is 5.55. The van der Waals surface area contributed by atoms with Crippen LogP contribution in [0.1, 0.15) is 22.8 Å². The monoisotopic (exact) mass is 232 g/mol. The number of hydrogen-bond donors (Lipinski definition) is 1. The Balaban J connectivity index is 2.41. The van der Waals surface area contributed by atoms with Crippen LogP contribution >= 0.6 is 11.6 Å². The molecule has 0 amide bonds. The van der Waals surface area contributed by atoms with Gasteiger partial charge in [0, 0.05) is 5.02 Å². The minimum atomic E-state index is -0.611. The van der Waals surface area contributed by atoms with Gasteiger partial charge in [0.1, 0.15) is 6.10 Å². The summed E-state index contributed by atoms with van der Waals surface area (Å²) in [6, 6.07) is 15.1. The average Bonchev–Trinajstić information content (AvgIpc) is 2.32. The fourth-order valence-corrected chi connectivity index (χ4v) is 1.90. The molecule has 0 aliphatic heterocycles. The summed E-state index contributed by atoms with van der Waals surface area (Å²) in [7, 11) is 0. The van der Waals surface area contributed by atoms with Crippen molar-refractivity contribution in [3.8, 4) is 0 Å². The van der Waals surface area contributed by atoms with E-state index in [0.29, 0.717) is 5.02 Å². The molecular formula is C14H13ClO. The van der Waals surface area contributed by atoms with Crippen molar-refractivity contribution in [3.63, 3.8) is 0 Å². The van der Waals surface area contributed by atoms with Gasteiger partial charge < -0.3 is 5.11 Å². The summed E-state index contributed by atoms with van der Waals surface area (Å²) in [5.41, 5.74) is 2.78. The fraction of sp³-hybridized carbons (Fsp3) is 0.143. The zero-order valence-corrected chi connectivity index (χ0v) is 9.78. The van der Waals surface area contributed by atoms with Gasteiger partial charge in [-0.1, -0.05) is 48.0 Å². The lowest BCUT2D eigenvalue weighted by Gasteiger charge is -2.14. The Kier molecular flexibility index (Phi) is 3.28. The van der Waals surface area contributed by atoms with Gasteiger partial charge in [-0.05, 0) is 35.7 Å². The zero-order chi connectivity index (χ0) is 11.5. The molecule has 2 rings (SSSR count). The highest BCUT2D eigenvalue weighted by molar-refractivity contribution is 6.30. The third-order valence-corrected chi connectivity index (χ3v) is 2.89. The van der Waals surface area contributed by atoms with E-state index >= 15 is 0 Å². The number of rotatable bonds is 2. The molecule has 0 saturated heterocycles. The molecule has 0 fully saturated rings. The highest BCUT2D eigenvalue weighted by atomic mass is 35.5. The Labute approximate surface area is 100 Å². The fourth-order valence-electron chi connectivity index (χ4n) is 1.72. The molecule has 2 aromatic carbocycles. The van der Waals surface area contributed by atoms with Crippen LogP contribution in [0.3, 0.4) is 0 Å². The van der Waals surface area contributed by atoms with Crippen LogP contribution < -0.4 is 0 Å². The van der Waals surface area contributed by atoms with Gasteiger partial charge in [-0.25, -0.2) is 0 Å². The number of halogens is 1. The minimum Gasteiger partial charge on any atom is -0.384 e. The van der Waals surface area contributed by atoms with E-state index in [0.717, 1.165) is 16.7 Å². The normalized spacial score (nSPS) is 12.4. The largest absolute Gasteiger partial charge is 0.384 e. The van der Waals surface area contributed by atoms with Crippen molar-refractivity contribution in [2.45, 2.75) is 13.0 Å². The van der Waals surface area contributed by atoms with Crippen LogP contribution in [-0.2, 0) is 0 Å². The second-order valence-electron chi connectivity index (χ2n) is 3.81. The first kappa shape index (κ1) is 11.2. The molecule has 1 nitrogen and oxygen atoms in total. The van der Waals surface area contributed by atoms with Crippen LogP contribution in [0.4, 0.5) is 0 Å². The Hall–Kier alpha value is -1.31. The van der Waals surface area contributed by atoms with Gasteiger partial charge in [-0.2, -0.15) is 0 Å². The highest BCUT2D eigenvalue weighted by Gasteiger charge is 2.12. The molecule has 0 radical (unpaired) electrons. The quantitative estimate of drug-likeness (QED) is 0.837. The Morgan fingerprint density at radius 3 is 2.44 bits per heavy atom. The minimum absolute atomic E-state index is 0.611. The van der Waals surface area contributed by atoms with E-state index < -0.39 is 6.10 Å². The lowest BCUT2D eigenvalue weighted by atomic mass is 9.98. The first-order chi connectivity index (χ1) is 7.68. The number of aliphatic hydroxyl groups excluding tert-OH is 1. The Bertz CT molecular complexity index is 479. The molecule has 1 unspecified atom stereocenters. The summed E-state index contributed by atoms with van der Waals surface area (Å²) >= 11 is 5.94. The van der Waals surface area contributed by atoms with Crippen molar-refractivity contribution in [1.82, 2.24) is 0 Å². The lowest BCUT2D eigenvalue weighted by molar-refractivity contribution is 0.219. The SMILES string of the molecule is Cc1ccc(Cl)cc1C(O)c1ccccc1. The third-order valence-electron chi connectivity index (χ3n) is 2.65. The Morgan fingerprint density at radius 2 is 1.75 bits per heavy atom. The highest BCUT2D eigenvalue weighted by Crippen LogP contribution is 2.26. The van der Waals surface area contributed by atoms with E-state index in [1.807, 2.05) is 55.5 Å². The predicted molar refractivity (Wildman–Crippen MR) is 66.7 cm³/mol. The maximum absolute atomic E-state index is 10.2. The van der Waals surface area contributed by atoms with Gasteiger partial charge in [0.2, 0.25) is 0 Å². The molecule has 82 valence electrons. The van der Waals surface area contributed by atoms with Gasteiger partial charge in [-0.15, -0.1) is 0 Å². The van der Waals surface area contributed by atoms with E-state index in [1.54, 1.807) is 0 Å². The molecule has 0 spiro atoms. The van der Waals surface area contributed by atoms with Gasteiger partial charge in [0.25, 0.3) is 0 Å². The van der Waals surface area contributed by atoms with Crippen LogP contribution in [0.15, 0.2) is 48.5 Å². The van der Waals surface area contributed by atoms with E-state index in [-0.39, 0.29) is 0 Å². The molecule has 0 saturated carbocycles. The second kappa shape index (κ2) is 4.69. The maximum atomic E-state index is 10.2. The summed E-state index contributed by atoms with van der Waals surface area (Å²) in [5.74, 6) is 0. The van der Waals surface area contributed by atoms with Crippen molar-refractivity contribution in [3.05, 3.63) is 70.2 Å². The van der Waals surface area contributed by atoms with Crippen molar-refractivity contribution in [2.24, 2.45) is 0 Å². The molecule has 2 heteroatoms. The van der Waals surface area contributed by atoms with E-state index in [1.165, 1.54) is 0 Å². The van der Waals surface area contributed by atoms with E-state index in [4.69, 9.17) is 11.6 Å². The smallest absolute Gasteiger partial charge is 0.104 e. The van der Waals surface area contributed by atoms with Gasteiger partial charge in [-0.3, -0.25) is 0 Å². The molecule has 1 N–H and O–H groups in total. The van der Waals surface area contributed by atoms with Crippen LogP contribution in [0.2, 0.25) is 5.02 Å². The molecule has 1 atom stereocenters. The average molecular weight is 233 g/mol. The van der Waals surface area contributed by atoms with Crippen LogP contribution in [0, 0.1) is 6.92 Å². The van der Waals surface area contributed by atoms with E-state index in [9.17, 15) is 5.11 Å². The number of benzene rings is 2. The van der Waals surface area contributed by atoms with Crippen molar-refractivity contribution in [1.29, 1.82) is 0 Å². The number of aliphatic hydroxyl groups is 1. The number of hydrogen-bond acceptors (Lipinski definition) is 1. The Morgan fingerprint density at radius 1 is 1.06 bits per heavy atom. The van der Waals surface area contributed by atoms with Crippen LogP contribution in [0.25, 0.3) is 0 Å². The van der Waals surface area contributed by atoms with Crippen molar-refractivity contribution < 1.29 is 5.11 Å². The van der Waals surface area contributed by atoms with E-state index in [2.05, 4.69) is 0 Å². The topological polar surface area (TPSA) is 20.2 Å². The first-order valence-electron chi connectivity index (χ1n) is 5.17. The predicted octanol–water partition coefficient (Wildman–Crippen LogP) is 3.73. The molecule has 0 bridgehead atoms. The molecule has 0 aliphatic rings. The third kappa shape index (κ3) is 2.26. The summed E-state index contributed by atoms with van der Waals surface area (Å²) in [6.07, 6.45) is -0.611. The number of aryl methyl sites for hydroxylation is 1. The van der Waals surface area contributed by atoms with Crippen LogP contribution in [-0.4, -0.2) is 5.11 Å². The summed E-state index contributed by atoms with van der Waals surface area (Å²) in [4.78, 5) is 0. The maximum Gasteiger partial charge on any atom is 0.104 e. The molecule has 2 aromatic rings. The summed E-state index contributed by atoms with van der Waals surface area (Å²) in [5, 5.41) is 10.9. The summed E-state index contributed by atoms with van der Waals surface area (Å²) in [6.45, 7) is 1.97. The van der Waals surface area contributed by atoms with Gasteiger partial charge >= 0.3 is 0 Å². The molecule has 0 aromatic heterocycles. The standard InChI is InChI=1S/C14H13ClO/c1-10-7-8-12(15)9-13(10)14(16)11-5-3-2-4-6-11/h2-9,14,16H,1H3. The van der Waals surface area contributed by atoms with Crippen molar-refractivity contribution in [2.75, 3.05) is 0 Å². The molecular weight excluding hydrogens is 220 g/mol. The molecule has 0 aliphatic carbocycles. The molecule has 16 heavy (non-hydrogen) atoms.